The summed E-state index contributed by atoms with van der Waals surface area (Å²) in [6.45, 7) is 10.7. The number of sulfone groups is 1. The average molecular weight is 625 g/mol. The number of rotatable bonds is 6. The number of aryl methyl sites for hydroxylation is 2. The lowest BCUT2D eigenvalue weighted by Crippen LogP contribution is -2.24. The summed E-state index contributed by atoms with van der Waals surface area (Å²) in [6, 6.07) is 14.7. The van der Waals surface area contributed by atoms with Crippen LogP contribution in [0.3, 0.4) is 0 Å². The number of nitrogens with zero attached hydrogens (tertiary/aromatic N) is 2. The molecule has 3 heterocycles. The molecular weight excluding hydrogens is 588 g/mol. The average Bonchev–Trinajstić information content (AvgIpc) is 3.43. The van der Waals surface area contributed by atoms with Gasteiger partial charge in [-0.3, -0.25) is 0 Å². The van der Waals surface area contributed by atoms with Crippen molar-refractivity contribution in [1.29, 1.82) is 0 Å². The number of nitrogens with one attached hydrogen (secondary N) is 2. The molecule has 1 aliphatic rings. The predicted octanol–water partition coefficient (Wildman–Crippen LogP) is 6.35. The van der Waals surface area contributed by atoms with E-state index >= 15 is 0 Å². The van der Waals surface area contributed by atoms with Crippen LogP contribution in [0.1, 0.15) is 53.4 Å². The normalized spacial score (nSPS) is 13.5. The summed E-state index contributed by atoms with van der Waals surface area (Å²) in [5.74, 6) is 0.347. The summed E-state index contributed by atoms with van der Waals surface area (Å²) in [5.41, 5.74) is 7.24. The number of aromatic amines is 1. The second-order valence-electron chi connectivity index (χ2n) is 12.4. The van der Waals surface area contributed by atoms with Crippen molar-refractivity contribution in [2.45, 2.75) is 63.1 Å². The molecule has 0 saturated heterocycles. The summed E-state index contributed by atoms with van der Waals surface area (Å²) in [4.78, 5) is 25.1. The number of aromatic nitrogens is 3. The van der Waals surface area contributed by atoms with Crippen molar-refractivity contribution in [3.8, 4) is 28.0 Å². The summed E-state index contributed by atoms with van der Waals surface area (Å²) in [6.07, 6.45) is 3.88. The van der Waals surface area contributed by atoms with Crippen LogP contribution in [0.25, 0.3) is 33.4 Å². The van der Waals surface area contributed by atoms with Gasteiger partial charge < -0.3 is 19.8 Å². The van der Waals surface area contributed by atoms with Crippen LogP contribution in [0.15, 0.2) is 70.8 Å². The Kier molecular flexibility index (Phi) is 7.74. The molecule has 232 valence electrons. The Balaban J connectivity index is 1.43. The number of carbonyl (C=O) groups is 1. The highest BCUT2D eigenvalue weighted by Crippen LogP contribution is 2.38. The first-order valence-corrected chi connectivity index (χ1v) is 16.3. The maximum atomic E-state index is 14.3. The second kappa shape index (κ2) is 11.4. The molecule has 0 spiro atoms. The molecule has 5 aromatic rings. The molecule has 0 bridgehead atoms. The van der Waals surface area contributed by atoms with E-state index in [0.29, 0.717) is 34.4 Å². The van der Waals surface area contributed by atoms with Gasteiger partial charge in [0.25, 0.3) is 0 Å². The molecule has 6 rings (SSSR count). The lowest BCUT2D eigenvalue weighted by Gasteiger charge is -2.22. The monoisotopic (exact) mass is 624 g/mol. The molecule has 0 unspecified atom stereocenters. The van der Waals surface area contributed by atoms with E-state index in [-0.39, 0.29) is 9.92 Å². The largest absolute Gasteiger partial charge is 0.496 e. The van der Waals surface area contributed by atoms with Gasteiger partial charge in [-0.05, 0) is 105 Å². The lowest BCUT2D eigenvalue weighted by atomic mass is 9.94. The number of hydrogen-bond acceptors (Lipinski definition) is 8. The van der Waals surface area contributed by atoms with Crippen molar-refractivity contribution >= 4 is 27.0 Å². The Morgan fingerprint density at radius 1 is 0.978 bits per heavy atom. The Labute approximate surface area is 263 Å². The zero-order valence-electron chi connectivity index (χ0n) is 26.2. The van der Waals surface area contributed by atoms with Gasteiger partial charge in [-0.15, -0.1) is 0 Å². The quantitative estimate of drug-likeness (QED) is 0.210. The highest BCUT2D eigenvalue weighted by Gasteiger charge is 2.27. The molecule has 1 aliphatic heterocycles. The fourth-order valence-corrected chi connectivity index (χ4v) is 7.18. The zero-order chi connectivity index (χ0) is 32.1. The van der Waals surface area contributed by atoms with Crippen LogP contribution in [0, 0.1) is 13.8 Å². The van der Waals surface area contributed by atoms with Crippen LogP contribution < -0.4 is 10.1 Å². The highest BCUT2D eigenvalue weighted by molar-refractivity contribution is 7.91. The van der Waals surface area contributed by atoms with Crippen LogP contribution in [-0.4, -0.2) is 48.6 Å². The van der Waals surface area contributed by atoms with Crippen LogP contribution in [0.5, 0.6) is 5.75 Å². The Bertz CT molecular complexity index is 2060. The molecular formula is C35H36N4O5S. The van der Waals surface area contributed by atoms with Crippen molar-refractivity contribution in [3.05, 3.63) is 88.7 Å². The van der Waals surface area contributed by atoms with E-state index in [9.17, 15) is 13.2 Å². The lowest BCUT2D eigenvalue weighted by molar-refractivity contribution is 0.00687. The minimum atomic E-state index is -4.10. The number of hydrogen-bond donors (Lipinski definition) is 2. The molecule has 9 nitrogen and oxygen atoms in total. The molecule has 0 aliphatic carbocycles. The van der Waals surface area contributed by atoms with Crippen molar-refractivity contribution in [2.24, 2.45) is 0 Å². The van der Waals surface area contributed by atoms with Crippen molar-refractivity contribution in [3.63, 3.8) is 0 Å². The molecule has 2 aromatic heterocycles. The molecule has 0 atom stereocenters. The van der Waals surface area contributed by atoms with Crippen molar-refractivity contribution in [1.82, 2.24) is 20.3 Å². The van der Waals surface area contributed by atoms with Gasteiger partial charge in [-0.2, -0.15) is 0 Å². The fourth-order valence-electron chi connectivity index (χ4n) is 5.74. The third-order valence-corrected chi connectivity index (χ3v) is 9.58. The number of fused-ring (bicyclic) bond motifs is 2. The third-order valence-electron chi connectivity index (χ3n) is 7.92. The zero-order valence-corrected chi connectivity index (χ0v) is 27.1. The molecule has 0 saturated carbocycles. The van der Waals surface area contributed by atoms with Crippen LogP contribution >= 0.6 is 0 Å². The first kappa shape index (κ1) is 30.5. The third kappa shape index (κ3) is 5.83. The number of ether oxygens (including phenoxy) is 2. The minimum Gasteiger partial charge on any atom is -0.496 e. The van der Waals surface area contributed by atoms with Gasteiger partial charge in [-0.1, -0.05) is 24.3 Å². The Morgan fingerprint density at radius 2 is 1.78 bits per heavy atom. The minimum absolute atomic E-state index is 0.150. The maximum Gasteiger partial charge on any atom is 0.338 e. The highest BCUT2D eigenvalue weighted by atomic mass is 32.2. The van der Waals surface area contributed by atoms with Gasteiger partial charge >= 0.3 is 5.97 Å². The van der Waals surface area contributed by atoms with Crippen LogP contribution in [-0.2, 0) is 27.5 Å². The standard InChI is InChI=1S/C35H36N4O5S/c1-20-7-9-27(23-15-24-17-36-12-11-26(24)29(16-23)43-6)30(13-20)45(41,42)31-19-38-33-32(39-31)28(18-37-33)22-8-10-25(21(2)14-22)34(40)44-35(3,4)5/h7-10,13-16,18-19,36H,11-12,17H2,1-6H3,(H,37,38). The van der Waals surface area contributed by atoms with E-state index < -0.39 is 21.4 Å². The van der Waals surface area contributed by atoms with Gasteiger partial charge in [0.05, 0.1) is 23.8 Å². The number of esters is 1. The van der Waals surface area contributed by atoms with Crippen molar-refractivity contribution < 1.29 is 22.7 Å². The smallest absolute Gasteiger partial charge is 0.338 e. The van der Waals surface area contributed by atoms with Gasteiger partial charge in [0.15, 0.2) is 10.7 Å². The fraction of sp³-hybridized carbons (Fsp3) is 0.286. The molecule has 2 N–H and O–H groups in total. The van der Waals surface area contributed by atoms with E-state index in [2.05, 4.69) is 20.3 Å². The number of H-pyrrole nitrogens is 1. The van der Waals surface area contributed by atoms with Crippen molar-refractivity contribution in [2.75, 3.05) is 13.7 Å². The summed E-state index contributed by atoms with van der Waals surface area (Å²) in [7, 11) is -2.46. The summed E-state index contributed by atoms with van der Waals surface area (Å²) < 4.78 is 39.9. The SMILES string of the molecule is COc1cc(-c2ccc(C)cc2S(=O)(=O)c2cnc3[nH]cc(-c4ccc(C(=O)OC(C)(C)C)c(C)c4)c3n2)cc2c1CCNC2. The van der Waals surface area contributed by atoms with E-state index in [0.717, 1.165) is 52.1 Å². The van der Waals surface area contributed by atoms with E-state index in [4.69, 9.17) is 9.47 Å². The van der Waals surface area contributed by atoms with Gasteiger partial charge in [-0.25, -0.2) is 23.2 Å². The van der Waals surface area contributed by atoms with Gasteiger partial charge in [0.1, 0.15) is 16.9 Å². The number of benzene rings is 3. The first-order chi connectivity index (χ1) is 21.4. The van der Waals surface area contributed by atoms with Gasteiger partial charge in [0, 0.05) is 23.9 Å². The maximum absolute atomic E-state index is 14.3. The van der Waals surface area contributed by atoms with E-state index in [1.807, 2.05) is 65.0 Å². The summed E-state index contributed by atoms with van der Waals surface area (Å²) >= 11 is 0. The van der Waals surface area contributed by atoms with E-state index in [1.165, 1.54) is 6.20 Å². The molecule has 3 aromatic carbocycles. The Morgan fingerprint density at radius 3 is 2.51 bits per heavy atom. The molecule has 10 heteroatoms. The topological polar surface area (TPSA) is 123 Å². The van der Waals surface area contributed by atoms with Gasteiger partial charge in [0.2, 0.25) is 9.84 Å². The summed E-state index contributed by atoms with van der Waals surface area (Å²) in [5, 5.41) is 3.23. The number of carbonyl (C=O) groups excluding carboxylic acids is 1. The van der Waals surface area contributed by atoms with Crippen LogP contribution in [0.4, 0.5) is 0 Å². The molecule has 0 amide bonds. The molecule has 0 fully saturated rings. The van der Waals surface area contributed by atoms with Crippen LogP contribution in [0.2, 0.25) is 0 Å². The Hall–Kier alpha value is -4.54. The molecule has 45 heavy (non-hydrogen) atoms. The van der Waals surface area contributed by atoms with E-state index in [1.54, 1.807) is 31.5 Å². The predicted molar refractivity (Wildman–Crippen MR) is 173 cm³/mol. The second-order valence-corrected chi connectivity index (χ2v) is 14.3. The molecule has 0 radical (unpaired) electrons. The number of methoxy groups -OCH3 is 1. The first-order valence-electron chi connectivity index (χ1n) is 14.8.